The molecule has 0 saturated heterocycles. The standard InChI is InChI=1S/C19H28N2O.ClH/c1-19(20)12-6-5-9-16(19)18(22)21-17(15-10-11-15)13-14-7-3-2-4-8-14;/h2-4,7-8,15-17H,5-6,9-13,20H2,1H3,(H,21,22);1H. The second-order valence-electron chi connectivity index (χ2n) is 7.45. The Hall–Kier alpha value is -1.06. The predicted molar refractivity (Wildman–Crippen MR) is 96.6 cm³/mol. The second kappa shape index (κ2) is 7.67. The molecule has 0 radical (unpaired) electrons. The van der Waals surface area contributed by atoms with Gasteiger partial charge in [0, 0.05) is 11.6 Å². The number of amides is 1. The summed E-state index contributed by atoms with van der Waals surface area (Å²) in [6.45, 7) is 2.04. The van der Waals surface area contributed by atoms with Crippen molar-refractivity contribution in [2.75, 3.05) is 0 Å². The molecule has 0 spiro atoms. The van der Waals surface area contributed by atoms with Gasteiger partial charge in [-0.15, -0.1) is 12.4 Å². The van der Waals surface area contributed by atoms with Crippen LogP contribution in [0.2, 0.25) is 0 Å². The molecular formula is C19H29ClN2O. The van der Waals surface area contributed by atoms with Gasteiger partial charge in [0.1, 0.15) is 0 Å². The molecular weight excluding hydrogens is 308 g/mol. The lowest BCUT2D eigenvalue weighted by Gasteiger charge is -2.38. The quantitative estimate of drug-likeness (QED) is 0.865. The van der Waals surface area contributed by atoms with Gasteiger partial charge in [0.25, 0.3) is 0 Å². The second-order valence-corrected chi connectivity index (χ2v) is 7.45. The molecule has 0 heterocycles. The van der Waals surface area contributed by atoms with Crippen LogP contribution in [0, 0.1) is 11.8 Å². The van der Waals surface area contributed by atoms with Crippen molar-refractivity contribution in [3.63, 3.8) is 0 Å². The minimum Gasteiger partial charge on any atom is -0.352 e. The van der Waals surface area contributed by atoms with E-state index in [2.05, 4.69) is 29.6 Å². The first-order chi connectivity index (χ1) is 10.6. The highest BCUT2D eigenvalue weighted by Gasteiger charge is 2.40. The Labute approximate surface area is 145 Å². The van der Waals surface area contributed by atoms with E-state index in [1.165, 1.54) is 18.4 Å². The summed E-state index contributed by atoms with van der Waals surface area (Å²) in [7, 11) is 0. The highest BCUT2D eigenvalue weighted by molar-refractivity contribution is 5.85. The van der Waals surface area contributed by atoms with Crippen LogP contribution >= 0.6 is 12.4 Å². The van der Waals surface area contributed by atoms with E-state index in [4.69, 9.17) is 5.73 Å². The average molecular weight is 337 g/mol. The van der Waals surface area contributed by atoms with Crippen LogP contribution in [0.15, 0.2) is 30.3 Å². The number of benzene rings is 1. The Kier molecular flexibility index (Phi) is 6.10. The molecule has 0 aromatic heterocycles. The van der Waals surface area contributed by atoms with E-state index in [9.17, 15) is 4.79 Å². The molecule has 23 heavy (non-hydrogen) atoms. The first kappa shape index (κ1) is 18.3. The van der Waals surface area contributed by atoms with Crippen LogP contribution in [0.4, 0.5) is 0 Å². The topological polar surface area (TPSA) is 55.1 Å². The number of nitrogens with one attached hydrogen (secondary N) is 1. The maximum absolute atomic E-state index is 12.8. The Balaban J connectivity index is 0.00000192. The molecule has 3 atom stereocenters. The molecule has 2 aliphatic carbocycles. The average Bonchev–Trinajstić information content (AvgIpc) is 3.31. The molecule has 1 aromatic carbocycles. The van der Waals surface area contributed by atoms with Gasteiger partial charge in [-0.05, 0) is 50.5 Å². The van der Waals surface area contributed by atoms with Crippen LogP contribution in [0.5, 0.6) is 0 Å². The van der Waals surface area contributed by atoms with Crippen LogP contribution in [0.1, 0.15) is 51.0 Å². The molecule has 0 aliphatic heterocycles. The van der Waals surface area contributed by atoms with E-state index in [1.807, 2.05) is 13.0 Å². The van der Waals surface area contributed by atoms with E-state index in [0.29, 0.717) is 5.92 Å². The van der Waals surface area contributed by atoms with Gasteiger partial charge in [0.2, 0.25) is 5.91 Å². The SMILES string of the molecule is CC1(N)CCCCC1C(=O)NC(Cc1ccccc1)C1CC1.Cl. The fourth-order valence-corrected chi connectivity index (χ4v) is 3.77. The first-order valence-corrected chi connectivity index (χ1v) is 8.69. The highest BCUT2D eigenvalue weighted by atomic mass is 35.5. The Morgan fingerprint density at radius 3 is 2.57 bits per heavy atom. The molecule has 1 amide bonds. The maximum Gasteiger partial charge on any atom is 0.225 e. The Bertz CT molecular complexity index is 513. The van der Waals surface area contributed by atoms with Crippen molar-refractivity contribution in [3.8, 4) is 0 Å². The normalized spacial score (nSPS) is 28.5. The molecule has 4 heteroatoms. The van der Waals surface area contributed by atoms with Crippen molar-refractivity contribution in [2.45, 2.75) is 63.5 Å². The number of hydrogen-bond donors (Lipinski definition) is 2. The summed E-state index contributed by atoms with van der Waals surface area (Å²) < 4.78 is 0. The number of hydrogen-bond acceptors (Lipinski definition) is 2. The van der Waals surface area contributed by atoms with Crippen molar-refractivity contribution in [1.82, 2.24) is 5.32 Å². The lowest BCUT2D eigenvalue weighted by molar-refractivity contribution is -0.129. The number of nitrogens with two attached hydrogens (primary N) is 1. The van der Waals surface area contributed by atoms with Crippen LogP contribution in [-0.2, 0) is 11.2 Å². The van der Waals surface area contributed by atoms with Crippen LogP contribution in [-0.4, -0.2) is 17.5 Å². The van der Waals surface area contributed by atoms with Crippen molar-refractivity contribution in [2.24, 2.45) is 17.6 Å². The van der Waals surface area contributed by atoms with Crippen molar-refractivity contribution >= 4 is 18.3 Å². The summed E-state index contributed by atoms with van der Waals surface area (Å²) in [4.78, 5) is 12.8. The van der Waals surface area contributed by atoms with Crippen LogP contribution in [0.3, 0.4) is 0 Å². The van der Waals surface area contributed by atoms with Gasteiger partial charge in [-0.25, -0.2) is 0 Å². The fourth-order valence-electron chi connectivity index (χ4n) is 3.77. The molecule has 2 saturated carbocycles. The summed E-state index contributed by atoms with van der Waals surface area (Å²) in [6, 6.07) is 10.7. The summed E-state index contributed by atoms with van der Waals surface area (Å²) in [5.41, 5.74) is 7.34. The molecule has 0 bridgehead atoms. The van der Waals surface area contributed by atoms with E-state index in [-0.39, 0.29) is 35.8 Å². The summed E-state index contributed by atoms with van der Waals surface area (Å²) in [5, 5.41) is 3.33. The fraction of sp³-hybridized carbons (Fsp3) is 0.632. The molecule has 3 nitrogen and oxygen atoms in total. The minimum absolute atomic E-state index is 0. The summed E-state index contributed by atoms with van der Waals surface area (Å²) >= 11 is 0. The Morgan fingerprint density at radius 2 is 1.96 bits per heavy atom. The molecule has 1 aromatic rings. The predicted octanol–water partition coefficient (Wildman–Crippen LogP) is 3.45. The first-order valence-electron chi connectivity index (χ1n) is 8.69. The minimum atomic E-state index is -0.344. The van der Waals surface area contributed by atoms with E-state index in [0.717, 1.165) is 32.1 Å². The molecule has 2 aliphatic rings. The zero-order valence-electron chi connectivity index (χ0n) is 14.0. The van der Waals surface area contributed by atoms with Crippen LogP contribution < -0.4 is 11.1 Å². The van der Waals surface area contributed by atoms with Gasteiger partial charge >= 0.3 is 0 Å². The number of carbonyl (C=O) groups is 1. The highest BCUT2D eigenvalue weighted by Crippen LogP contribution is 2.36. The van der Waals surface area contributed by atoms with Crippen molar-refractivity contribution < 1.29 is 4.79 Å². The number of halogens is 1. The molecule has 3 rings (SSSR count). The smallest absolute Gasteiger partial charge is 0.225 e. The van der Waals surface area contributed by atoms with Gasteiger partial charge in [0.15, 0.2) is 0 Å². The van der Waals surface area contributed by atoms with Gasteiger partial charge < -0.3 is 11.1 Å². The van der Waals surface area contributed by atoms with Gasteiger partial charge in [-0.1, -0.05) is 43.2 Å². The lowest BCUT2D eigenvalue weighted by Crippen LogP contribution is -2.54. The largest absolute Gasteiger partial charge is 0.352 e. The zero-order chi connectivity index (χ0) is 15.6. The van der Waals surface area contributed by atoms with E-state index < -0.39 is 0 Å². The molecule has 3 unspecified atom stereocenters. The van der Waals surface area contributed by atoms with E-state index >= 15 is 0 Å². The molecule has 2 fully saturated rings. The van der Waals surface area contributed by atoms with Gasteiger partial charge in [0.05, 0.1) is 5.92 Å². The molecule has 128 valence electrons. The summed E-state index contributed by atoms with van der Waals surface area (Å²) in [5.74, 6) is 0.799. The summed E-state index contributed by atoms with van der Waals surface area (Å²) in [6.07, 6.45) is 7.57. The third-order valence-corrected chi connectivity index (χ3v) is 5.39. The van der Waals surface area contributed by atoms with Crippen LogP contribution in [0.25, 0.3) is 0 Å². The lowest BCUT2D eigenvalue weighted by atomic mass is 9.74. The van der Waals surface area contributed by atoms with E-state index in [1.54, 1.807) is 0 Å². The molecule has 3 N–H and O–H groups in total. The monoisotopic (exact) mass is 336 g/mol. The Morgan fingerprint density at radius 1 is 1.26 bits per heavy atom. The third kappa shape index (κ3) is 4.71. The maximum atomic E-state index is 12.8. The van der Waals surface area contributed by atoms with Crippen molar-refractivity contribution in [1.29, 1.82) is 0 Å². The number of rotatable bonds is 5. The zero-order valence-corrected chi connectivity index (χ0v) is 14.8. The number of carbonyl (C=O) groups excluding carboxylic acids is 1. The van der Waals surface area contributed by atoms with Crippen molar-refractivity contribution in [3.05, 3.63) is 35.9 Å². The van der Waals surface area contributed by atoms with Gasteiger partial charge in [-0.3, -0.25) is 4.79 Å². The van der Waals surface area contributed by atoms with Gasteiger partial charge in [-0.2, -0.15) is 0 Å². The third-order valence-electron chi connectivity index (χ3n) is 5.39.